The van der Waals surface area contributed by atoms with Gasteiger partial charge in [-0.15, -0.1) is 6.58 Å². The summed E-state index contributed by atoms with van der Waals surface area (Å²) in [5.74, 6) is -0.0306. The largest absolute Gasteiger partial charge is 0.311 e. The Morgan fingerprint density at radius 1 is 1.19 bits per heavy atom. The Kier molecular flexibility index (Phi) is 5.79. The monoisotopic (exact) mass is 472 g/mol. The molecule has 0 fully saturated rings. The van der Waals surface area contributed by atoms with E-state index in [2.05, 4.69) is 29.2 Å². The first-order chi connectivity index (χ1) is 13.0. The van der Waals surface area contributed by atoms with E-state index >= 15 is 0 Å². The Morgan fingerprint density at radius 3 is 2.59 bits per heavy atom. The molecule has 0 spiro atoms. The molecule has 1 heterocycles. The van der Waals surface area contributed by atoms with Crippen LogP contribution in [0.3, 0.4) is 0 Å². The number of hydrogen-bond donors (Lipinski definition) is 0. The molecule has 3 rings (SSSR count). The summed E-state index contributed by atoms with van der Waals surface area (Å²) in [6.45, 7) is 6.39. The van der Waals surface area contributed by atoms with Gasteiger partial charge in [0.2, 0.25) is 0 Å². The van der Waals surface area contributed by atoms with Crippen molar-refractivity contribution in [1.82, 2.24) is 4.57 Å². The summed E-state index contributed by atoms with van der Waals surface area (Å²) in [5.41, 5.74) is 3.33. The van der Waals surface area contributed by atoms with Gasteiger partial charge in [-0.25, -0.2) is 0 Å². The number of aromatic nitrogens is 1. The zero-order chi connectivity index (χ0) is 19.6. The quantitative estimate of drug-likeness (QED) is 0.405. The summed E-state index contributed by atoms with van der Waals surface area (Å²) in [7, 11) is 1.76. The van der Waals surface area contributed by atoms with Gasteiger partial charge in [-0.1, -0.05) is 18.2 Å². The third-order valence-corrected chi connectivity index (χ3v) is 5.64. The van der Waals surface area contributed by atoms with Crippen molar-refractivity contribution >= 4 is 45.1 Å². The summed E-state index contributed by atoms with van der Waals surface area (Å²) < 4.78 is 2.55. The number of benzene rings is 2. The fourth-order valence-electron chi connectivity index (χ4n) is 3.32. The highest BCUT2D eigenvalue weighted by Crippen LogP contribution is 2.30. The zero-order valence-corrected chi connectivity index (χ0v) is 17.6. The summed E-state index contributed by atoms with van der Waals surface area (Å²) in [6, 6.07) is 14.8. The van der Waals surface area contributed by atoms with Crippen LogP contribution < -0.4 is 10.5 Å². The first-order valence-corrected chi connectivity index (χ1v) is 9.86. The number of anilines is 1. The smallest absolute Gasteiger partial charge is 0.259 e. The molecule has 5 heteroatoms. The summed E-state index contributed by atoms with van der Waals surface area (Å²) in [4.78, 5) is 27.0. The van der Waals surface area contributed by atoms with Gasteiger partial charge in [-0.2, -0.15) is 0 Å². The van der Waals surface area contributed by atoms with Crippen molar-refractivity contribution in [3.05, 3.63) is 86.2 Å². The van der Waals surface area contributed by atoms with Gasteiger partial charge in [0.25, 0.3) is 11.5 Å². The van der Waals surface area contributed by atoms with Crippen LogP contribution in [0.25, 0.3) is 10.9 Å². The zero-order valence-electron chi connectivity index (χ0n) is 15.4. The molecule has 0 aliphatic carbocycles. The van der Waals surface area contributed by atoms with E-state index in [0.717, 1.165) is 25.7 Å². The number of pyridine rings is 1. The van der Waals surface area contributed by atoms with Crippen molar-refractivity contribution in [2.75, 3.05) is 11.4 Å². The van der Waals surface area contributed by atoms with Crippen molar-refractivity contribution in [1.29, 1.82) is 0 Å². The molecular formula is C22H21IN2O2. The van der Waals surface area contributed by atoms with Crippen LogP contribution in [0, 0.1) is 3.57 Å². The molecule has 27 heavy (non-hydrogen) atoms. The third kappa shape index (κ3) is 3.56. The van der Waals surface area contributed by atoms with Crippen molar-refractivity contribution in [3.63, 3.8) is 0 Å². The van der Waals surface area contributed by atoms with E-state index in [9.17, 15) is 9.59 Å². The molecule has 0 unspecified atom stereocenters. The van der Waals surface area contributed by atoms with Gasteiger partial charge in [0, 0.05) is 34.3 Å². The number of rotatable bonds is 5. The molecule has 0 N–H and O–H groups in total. The molecule has 0 aliphatic rings. The second kappa shape index (κ2) is 8.08. The highest BCUT2D eigenvalue weighted by atomic mass is 127. The SMILES string of the molecule is C=CCc1c(N(CC)C(=O)c2ccccc2I)ccc2c1ccc(=O)n2C. The number of carbonyl (C=O) groups excluding carboxylic acids is 1. The maximum atomic E-state index is 13.3. The molecular weight excluding hydrogens is 451 g/mol. The lowest BCUT2D eigenvalue weighted by atomic mass is 10.0. The highest BCUT2D eigenvalue weighted by Gasteiger charge is 2.21. The Balaban J connectivity index is 2.22. The van der Waals surface area contributed by atoms with E-state index in [1.54, 1.807) is 22.6 Å². The van der Waals surface area contributed by atoms with E-state index in [1.165, 1.54) is 0 Å². The lowest BCUT2D eigenvalue weighted by Crippen LogP contribution is -2.32. The van der Waals surface area contributed by atoms with E-state index in [4.69, 9.17) is 0 Å². The normalized spacial score (nSPS) is 10.8. The average molecular weight is 472 g/mol. The van der Waals surface area contributed by atoms with E-state index in [-0.39, 0.29) is 11.5 Å². The maximum absolute atomic E-state index is 13.3. The molecule has 0 bridgehead atoms. The molecule has 4 nitrogen and oxygen atoms in total. The van der Waals surface area contributed by atoms with Gasteiger partial charge in [0.1, 0.15) is 0 Å². The maximum Gasteiger partial charge on any atom is 0.259 e. The Morgan fingerprint density at radius 2 is 1.93 bits per heavy atom. The molecule has 0 radical (unpaired) electrons. The van der Waals surface area contributed by atoms with E-state index in [1.807, 2.05) is 55.5 Å². The molecule has 138 valence electrons. The van der Waals surface area contributed by atoms with Crippen LogP contribution >= 0.6 is 22.6 Å². The second-order valence-corrected chi connectivity index (χ2v) is 7.41. The fourth-order valence-corrected chi connectivity index (χ4v) is 3.94. The van der Waals surface area contributed by atoms with Crippen LogP contribution in [0.15, 0.2) is 66.0 Å². The average Bonchev–Trinajstić information content (AvgIpc) is 2.67. The molecule has 3 aromatic rings. The van der Waals surface area contributed by atoms with Crippen molar-refractivity contribution < 1.29 is 4.79 Å². The Labute approximate surface area is 172 Å². The number of carbonyl (C=O) groups is 1. The van der Waals surface area contributed by atoms with Crippen molar-refractivity contribution in [2.24, 2.45) is 7.05 Å². The molecule has 2 aromatic carbocycles. The van der Waals surface area contributed by atoms with Crippen LogP contribution in [0.2, 0.25) is 0 Å². The summed E-state index contributed by atoms with van der Waals surface area (Å²) in [5, 5.41) is 0.962. The number of fused-ring (bicyclic) bond motifs is 1. The Bertz CT molecular complexity index is 1090. The minimum Gasteiger partial charge on any atom is -0.311 e. The van der Waals surface area contributed by atoms with Crippen LogP contribution in [0.1, 0.15) is 22.8 Å². The third-order valence-electron chi connectivity index (χ3n) is 4.70. The molecule has 0 saturated heterocycles. The lowest BCUT2D eigenvalue weighted by Gasteiger charge is -2.25. The topological polar surface area (TPSA) is 42.3 Å². The van der Waals surface area contributed by atoms with E-state index in [0.29, 0.717) is 18.5 Å². The lowest BCUT2D eigenvalue weighted by molar-refractivity contribution is 0.0987. The van der Waals surface area contributed by atoms with Gasteiger partial charge >= 0.3 is 0 Å². The van der Waals surface area contributed by atoms with Gasteiger partial charge < -0.3 is 9.47 Å². The number of allylic oxidation sites excluding steroid dienone is 1. The number of hydrogen-bond acceptors (Lipinski definition) is 2. The number of nitrogens with zero attached hydrogens (tertiary/aromatic N) is 2. The van der Waals surface area contributed by atoms with Crippen molar-refractivity contribution in [3.8, 4) is 0 Å². The molecule has 1 amide bonds. The Hall–Kier alpha value is -2.41. The predicted molar refractivity (Wildman–Crippen MR) is 120 cm³/mol. The summed E-state index contributed by atoms with van der Waals surface area (Å²) in [6.07, 6.45) is 2.44. The number of amides is 1. The standard InChI is InChI=1S/C22H21IN2O2/c1-4-8-15-16-11-14-21(26)24(3)19(16)12-13-20(15)25(5-2)22(27)17-9-6-7-10-18(17)23/h4,6-7,9-14H,1,5,8H2,2-3H3. The van der Waals surface area contributed by atoms with Gasteiger partial charge in [-0.05, 0) is 71.8 Å². The first-order valence-electron chi connectivity index (χ1n) is 8.78. The van der Waals surface area contributed by atoms with Gasteiger partial charge in [-0.3, -0.25) is 9.59 Å². The summed E-state index contributed by atoms with van der Waals surface area (Å²) >= 11 is 2.19. The van der Waals surface area contributed by atoms with Crippen molar-refractivity contribution in [2.45, 2.75) is 13.3 Å². The fraction of sp³-hybridized carbons (Fsp3) is 0.182. The molecule has 0 aliphatic heterocycles. The first kappa shape index (κ1) is 19.4. The molecule has 1 aromatic heterocycles. The number of aryl methyl sites for hydroxylation is 1. The molecule has 0 atom stereocenters. The van der Waals surface area contributed by atoms with E-state index < -0.39 is 0 Å². The second-order valence-electron chi connectivity index (χ2n) is 6.25. The van der Waals surface area contributed by atoms with Crippen LogP contribution in [-0.2, 0) is 13.5 Å². The van der Waals surface area contributed by atoms with Gasteiger partial charge in [0.15, 0.2) is 0 Å². The van der Waals surface area contributed by atoms with Crippen LogP contribution in [0.4, 0.5) is 5.69 Å². The predicted octanol–water partition coefficient (Wildman–Crippen LogP) is 4.54. The van der Waals surface area contributed by atoms with Crippen LogP contribution in [0.5, 0.6) is 0 Å². The minimum absolute atomic E-state index is 0.0306. The number of halogens is 1. The van der Waals surface area contributed by atoms with Crippen LogP contribution in [-0.4, -0.2) is 17.0 Å². The molecule has 0 saturated carbocycles. The highest BCUT2D eigenvalue weighted by molar-refractivity contribution is 14.1. The van der Waals surface area contributed by atoms with Gasteiger partial charge in [0.05, 0.1) is 11.1 Å². The minimum atomic E-state index is -0.0536.